The first-order valence-corrected chi connectivity index (χ1v) is 31.3. The van der Waals surface area contributed by atoms with Crippen LogP contribution in [0.25, 0.3) is 22.3 Å². The van der Waals surface area contributed by atoms with Gasteiger partial charge in [0.1, 0.15) is 0 Å². The fourth-order valence-corrected chi connectivity index (χ4v) is 15.6. The quantitative estimate of drug-likeness (QED) is 0.159. The van der Waals surface area contributed by atoms with E-state index in [1.54, 1.807) is 5.56 Å². The van der Waals surface area contributed by atoms with Crippen LogP contribution in [-0.4, -0.2) is 12.3 Å². The van der Waals surface area contributed by atoms with Gasteiger partial charge in [-0.2, -0.15) is 0 Å². The lowest BCUT2D eigenvalue weighted by Gasteiger charge is -2.53. The third-order valence-electron chi connectivity index (χ3n) is 21.0. The summed E-state index contributed by atoms with van der Waals surface area (Å²) in [6.45, 7) is 45.6. The van der Waals surface area contributed by atoms with E-state index in [0.717, 1.165) is 23.5 Å². The Morgan fingerprint density at radius 2 is 0.916 bits per heavy atom. The summed E-state index contributed by atoms with van der Waals surface area (Å²) in [6.07, 6.45) is 4.74. The average molecular weight is 1090 g/mol. The highest BCUT2D eigenvalue weighted by atomic mass is 15.3. The van der Waals surface area contributed by atoms with Crippen molar-refractivity contribution < 1.29 is 0 Å². The average Bonchev–Trinajstić information content (AvgIpc) is 3.70. The van der Waals surface area contributed by atoms with Crippen LogP contribution < -0.4 is 31.1 Å². The van der Waals surface area contributed by atoms with Crippen LogP contribution >= 0.6 is 0 Å². The summed E-state index contributed by atoms with van der Waals surface area (Å²) in [7, 11) is 0. The zero-order valence-electron chi connectivity index (χ0n) is 53.7. The highest BCUT2D eigenvalue weighted by molar-refractivity contribution is 7.00. The second kappa shape index (κ2) is 18.1. The van der Waals surface area contributed by atoms with Crippen LogP contribution in [0, 0.1) is 0 Å². The Kier molecular flexibility index (Phi) is 12.1. The first kappa shape index (κ1) is 55.4. The molecule has 0 spiro atoms. The smallest absolute Gasteiger partial charge is 0.252 e. The monoisotopic (exact) mass is 1090 g/mol. The van der Waals surface area contributed by atoms with Crippen molar-refractivity contribution in [1.82, 2.24) is 0 Å². The van der Waals surface area contributed by atoms with Crippen LogP contribution in [0.3, 0.4) is 0 Å². The predicted octanol–water partition coefficient (Wildman–Crippen LogP) is 20.0. The molecule has 0 radical (unpaired) electrons. The predicted molar refractivity (Wildman–Crippen MR) is 360 cm³/mol. The molecule has 424 valence electrons. The van der Waals surface area contributed by atoms with Crippen LogP contribution in [0.2, 0.25) is 0 Å². The van der Waals surface area contributed by atoms with Gasteiger partial charge in [-0.15, -0.1) is 0 Å². The summed E-state index contributed by atoms with van der Waals surface area (Å²) < 4.78 is 0. The van der Waals surface area contributed by atoms with Gasteiger partial charge in [0.25, 0.3) is 6.71 Å². The lowest BCUT2D eigenvalue weighted by atomic mass is 9.33. The zero-order valence-corrected chi connectivity index (χ0v) is 53.7. The highest BCUT2D eigenvalue weighted by Crippen LogP contribution is 2.63. The molecule has 83 heavy (non-hydrogen) atoms. The Morgan fingerprint density at radius 3 is 1.51 bits per heavy atom. The highest BCUT2D eigenvalue weighted by Gasteiger charge is 2.62. The van der Waals surface area contributed by atoms with E-state index in [9.17, 15) is 0 Å². The van der Waals surface area contributed by atoms with Gasteiger partial charge in [-0.25, -0.2) is 0 Å². The van der Waals surface area contributed by atoms with Gasteiger partial charge in [-0.3, -0.25) is 0 Å². The summed E-state index contributed by atoms with van der Waals surface area (Å²) in [5, 5.41) is 0. The molecule has 4 heteroatoms. The Bertz CT molecular complexity index is 3880. The molecule has 0 N–H and O–H groups in total. The van der Waals surface area contributed by atoms with Crippen LogP contribution in [-0.2, 0) is 37.9 Å². The van der Waals surface area contributed by atoms with Gasteiger partial charge in [0.15, 0.2) is 0 Å². The number of rotatable bonds is 5. The summed E-state index contributed by atoms with van der Waals surface area (Å²) in [4.78, 5) is 8.27. The summed E-state index contributed by atoms with van der Waals surface area (Å²) >= 11 is 0. The number of hydrogen-bond acceptors (Lipinski definition) is 3. The molecular weight excluding hydrogens is 1000 g/mol. The van der Waals surface area contributed by atoms with E-state index in [-0.39, 0.29) is 50.2 Å². The molecule has 1 fully saturated rings. The number of hydrogen-bond donors (Lipinski definition) is 0. The standard InChI is InChI=1S/C79H90BN3/c1-72(2,3)50-27-33-55(34-28-50)81(56-35-29-51(30-36-56)73(4,5)6)57-45-68-70-69(46-57)83-71-63(78(18)39-23-24-40-79(78,83)19)43-54(76(13,14)15)44-65(71)80(70)64-48-62-60(58-37-31-53(75(10,11)12)42-61(58)77(62,16)17)47-67(64)82(68)66-38-32-52(74(7,8)9)41-59(66)49-25-21-20-22-26-49/h20-22,25-38,41-48H,23-24,39-40H2,1-19H3. The number of anilines is 8. The molecule has 3 aliphatic heterocycles. The second-order valence-electron chi connectivity index (χ2n) is 31.9. The fraction of sp³-hybridized carbons (Fsp3) is 0.392. The van der Waals surface area contributed by atoms with E-state index in [1.807, 2.05) is 0 Å². The van der Waals surface area contributed by atoms with Gasteiger partial charge in [0.2, 0.25) is 0 Å². The van der Waals surface area contributed by atoms with E-state index in [1.165, 1.54) is 125 Å². The molecule has 3 heterocycles. The van der Waals surface area contributed by atoms with E-state index >= 15 is 0 Å². The lowest BCUT2D eigenvalue weighted by Crippen LogP contribution is -2.64. The van der Waals surface area contributed by atoms with Crippen molar-refractivity contribution in [3.05, 3.63) is 196 Å². The molecule has 0 amide bonds. The third-order valence-corrected chi connectivity index (χ3v) is 21.0. The lowest BCUT2D eigenvalue weighted by molar-refractivity contribution is 0.195. The van der Waals surface area contributed by atoms with Gasteiger partial charge >= 0.3 is 0 Å². The third kappa shape index (κ3) is 8.39. The van der Waals surface area contributed by atoms with Gasteiger partial charge < -0.3 is 14.7 Å². The molecule has 2 aliphatic carbocycles. The van der Waals surface area contributed by atoms with Crippen molar-refractivity contribution in [1.29, 1.82) is 0 Å². The molecule has 0 bridgehead atoms. The van der Waals surface area contributed by atoms with Crippen LogP contribution in [0.1, 0.15) is 202 Å². The molecule has 0 aromatic heterocycles. The first-order valence-electron chi connectivity index (χ1n) is 31.3. The SMILES string of the molecule is CC(C)(C)c1ccc(N(c2ccc(C(C)(C)C)cc2)c2cc3c4c(c2)N2c5c(cc(C(C)(C)C)cc5C5(C)CCCCC25C)B4c2cc4c(cc2N3c2ccc(C(C)(C)C)cc2-c2ccccc2)-c2ccc(C(C)(C)C)cc2C4(C)C)cc1. The van der Waals surface area contributed by atoms with Gasteiger partial charge in [-0.05, 0) is 179 Å². The second-order valence-corrected chi connectivity index (χ2v) is 31.9. The fourth-order valence-electron chi connectivity index (χ4n) is 15.6. The van der Waals surface area contributed by atoms with Crippen molar-refractivity contribution in [2.45, 2.75) is 201 Å². The molecule has 3 nitrogen and oxygen atoms in total. The normalized spacial score (nSPS) is 19.4. The Balaban J connectivity index is 1.20. The van der Waals surface area contributed by atoms with E-state index in [4.69, 9.17) is 0 Å². The molecule has 2 unspecified atom stereocenters. The topological polar surface area (TPSA) is 9.72 Å². The molecule has 8 aromatic carbocycles. The molecule has 8 aromatic rings. The van der Waals surface area contributed by atoms with E-state index in [0.29, 0.717) is 0 Å². The van der Waals surface area contributed by atoms with Gasteiger partial charge in [0, 0.05) is 50.5 Å². The number of fused-ring (bicyclic) bond motifs is 10. The van der Waals surface area contributed by atoms with Crippen LogP contribution in [0.15, 0.2) is 152 Å². The largest absolute Gasteiger partial charge is 0.335 e. The maximum atomic E-state index is 2.94. The molecule has 1 saturated carbocycles. The van der Waals surface area contributed by atoms with Crippen LogP contribution in [0.5, 0.6) is 0 Å². The van der Waals surface area contributed by atoms with E-state index in [2.05, 4.69) is 298 Å². The Morgan fingerprint density at radius 1 is 0.398 bits per heavy atom. The van der Waals surface area contributed by atoms with Crippen LogP contribution in [0.4, 0.5) is 45.5 Å². The Hall–Kier alpha value is -6.78. The molecular formula is C79H90BN3. The maximum Gasteiger partial charge on any atom is 0.252 e. The molecule has 2 atom stereocenters. The minimum Gasteiger partial charge on any atom is -0.335 e. The number of nitrogens with zero attached hydrogens (tertiary/aromatic N) is 3. The van der Waals surface area contributed by atoms with Gasteiger partial charge in [-0.1, -0.05) is 235 Å². The minimum atomic E-state index is -0.223. The van der Waals surface area contributed by atoms with Gasteiger partial charge in [0.05, 0.1) is 16.9 Å². The maximum absolute atomic E-state index is 2.94. The Labute approximate surface area is 499 Å². The first-order chi connectivity index (χ1) is 38.8. The molecule has 5 aliphatic rings. The molecule has 0 saturated heterocycles. The summed E-state index contributed by atoms with van der Waals surface area (Å²) in [5.41, 5.74) is 30.1. The van der Waals surface area contributed by atoms with Crippen molar-refractivity contribution in [3.63, 3.8) is 0 Å². The summed E-state index contributed by atoms with van der Waals surface area (Å²) in [5.74, 6) is 0. The van der Waals surface area contributed by atoms with Crippen molar-refractivity contribution in [2.75, 3.05) is 14.7 Å². The van der Waals surface area contributed by atoms with Crippen molar-refractivity contribution in [3.8, 4) is 22.3 Å². The minimum absolute atomic E-state index is 0.0101. The molecule has 13 rings (SSSR count). The number of benzene rings is 8. The van der Waals surface area contributed by atoms with Crippen molar-refractivity contribution >= 4 is 68.6 Å². The summed E-state index contributed by atoms with van der Waals surface area (Å²) in [6, 6.07) is 61.0. The zero-order chi connectivity index (χ0) is 59.1. The van der Waals surface area contributed by atoms with Crippen molar-refractivity contribution in [2.24, 2.45) is 0 Å². The van der Waals surface area contributed by atoms with E-state index < -0.39 is 0 Å².